The van der Waals surface area contributed by atoms with Crippen LogP contribution in [0.25, 0.3) is 22.4 Å². The second-order valence-corrected chi connectivity index (χ2v) is 4.80. The monoisotopic (exact) mass is 276 g/mol. The second-order valence-electron chi connectivity index (χ2n) is 4.80. The molecule has 4 nitrogen and oxygen atoms in total. The molecule has 0 aliphatic rings. The molecule has 3 rings (SSSR count). The SMILES string of the molecule is CNc1cc(-c2ccnc(-c3ccncc3)c2)c(C)cn1. The first kappa shape index (κ1) is 13.2. The zero-order valence-electron chi connectivity index (χ0n) is 12.0. The molecule has 0 aliphatic carbocycles. The number of nitrogens with zero attached hydrogens (tertiary/aromatic N) is 3. The third kappa shape index (κ3) is 2.74. The Labute approximate surface area is 123 Å². The average Bonchev–Trinajstić information content (AvgIpc) is 2.56. The third-order valence-corrected chi connectivity index (χ3v) is 3.41. The molecule has 0 aromatic carbocycles. The van der Waals surface area contributed by atoms with Gasteiger partial charge >= 0.3 is 0 Å². The van der Waals surface area contributed by atoms with Gasteiger partial charge in [-0.2, -0.15) is 0 Å². The van der Waals surface area contributed by atoms with Gasteiger partial charge in [-0.3, -0.25) is 9.97 Å². The van der Waals surface area contributed by atoms with Crippen LogP contribution in [0.15, 0.2) is 55.1 Å². The fourth-order valence-electron chi connectivity index (χ4n) is 2.25. The fourth-order valence-corrected chi connectivity index (χ4v) is 2.25. The average molecular weight is 276 g/mol. The number of aryl methyl sites for hydroxylation is 1. The summed E-state index contributed by atoms with van der Waals surface area (Å²) in [5.41, 5.74) is 5.44. The Balaban J connectivity index is 2.08. The summed E-state index contributed by atoms with van der Waals surface area (Å²) in [7, 11) is 1.87. The Morgan fingerprint density at radius 2 is 1.67 bits per heavy atom. The second kappa shape index (κ2) is 5.71. The van der Waals surface area contributed by atoms with E-state index in [4.69, 9.17) is 0 Å². The van der Waals surface area contributed by atoms with E-state index in [2.05, 4.69) is 39.3 Å². The molecule has 0 atom stereocenters. The summed E-state index contributed by atoms with van der Waals surface area (Å²) in [6.45, 7) is 2.06. The molecule has 0 bridgehead atoms. The Bertz CT molecular complexity index is 754. The van der Waals surface area contributed by atoms with Gasteiger partial charge in [0.1, 0.15) is 5.82 Å². The number of pyridine rings is 3. The van der Waals surface area contributed by atoms with Crippen molar-refractivity contribution in [1.82, 2.24) is 15.0 Å². The van der Waals surface area contributed by atoms with E-state index >= 15 is 0 Å². The molecule has 0 aliphatic heterocycles. The first-order valence-electron chi connectivity index (χ1n) is 6.79. The number of anilines is 1. The molecule has 104 valence electrons. The van der Waals surface area contributed by atoms with Crippen LogP contribution in [0, 0.1) is 6.92 Å². The highest BCUT2D eigenvalue weighted by Gasteiger charge is 2.06. The topological polar surface area (TPSA) is 50.7 Å². The predicted octanol–water partition coefficient (Wildman–Crippen LogP) is 3.56. The van der Waals surface area contributed by atoms with E-state index in [-0.39, 0.29) is 0 Å². The third-order valence-electron chi connectivity index (χ3n) is 3.41. The lowest BCUT2D eigenvalue weighted by Crippen LogP contribution is -1.95. The molecule has 0 fully saturated rings. The maximum absolute atomic E-state index is 4.45. The summed E-state index contributed by atoms with van der Waals surface area (Å²) < 4.78 is 0. The van der Waals surface area contributed by atoms with Gasteiger partial charge in [0, 0.05) is 37.4 Å². The molecule has 21 heavy (non-hydrogen) atoms. The Morgan fingerprint density at radius 1 is 0.905 bits per heavy atom. The molecule has 0 spiro atoms. The largest absolute Gasteiger partial charge is 0.373 e. The molecule has 0 unspecified atom stereocenters. The zero-order chi connectivity index (χ0) is 14.7. The highest BCUT2D eigenvalue weighted by Crippen LogP contribution is 2.27. The Morgan fingerprint density at radius 3 is 2.43 bits per heavy atom. The van der Waals surface area contributed by atoms with Crippen LogP contribution in [0.4, 0.5) is 5.82 Å². The first-order valence-corrected chi connectivity index (χ1v) is 6.79. The lowest BCUT2D eigenvalue weighted by Gasteiger charge is -2.09. The quantitative estimate of drug-likeness (QED) is 0.794. The normalized spacial score (nSPS) is 10.4. The summed E-state index contributed by atoms with van der Waals surface area (Å²) in [5, 5.41) is 3.08. The molecule has 3 aromatic rings. The molecule has 3 heterocycles. The van der Waals surface area contributed by atoms with E-state index < -0.39 is 0 Å². The van der Waals surface area contributed by atoms with Crippen LogP contribution in [-0.2, 0) is 0 Å². The van der Waals surface area contributed by atoms with Gasteiger partial charge in [-0.25, -0.2) is 4.98 Å². The summed E-state index contributed by atoms with van der Waals surface area (Å²) in [5.74, 6) is 0.859. The maximum Gasteiger partial charge on any atom is 0.126 e. The van der Waals surface area contributed by atoms with Gasteiger partial charge in [0.2, 0.25) is 0 Å². The van der Waals surface area contributed by atoms with E-state index in [0.29, 0.717) is 0 Å². The van der Waals surface area contributed by atoms with Gasteiger partial charge in [0.25, 0.3) is 0 Å². The number of nitrogens with one attached hydrogen (secondary N) is 1. The predicted molar refractivity (Wildman–Crippen MR) is 85.0 cm³/mol. The molecule has 0 radical (unpaired) electrons. The zero-order valence-corrected chi connectivity index (χ0v) is 12.0. The summed E-state index contributed by atoms with van der Waals surface area (Å²) in [6, 6.07) is 10.1. The first-order chi connectivity index (χ1) is 10.3. The van der Waals surface area contributed by atoms with Crippen LogP contribution in [-0.4, -0.2) is 22.0 Å². The minimum Gasteiger partial charge on any atom is -0.373 e. The van der Waals surface area contributed by atoms with E-state index in [1.165, 1.54) is 0 Å². The molecular weight excluding hydrogens is 260 g/mol. The van der Waals surface area contributed by atoms with Gasteiger partial charge in [-0.05, 0) is 53.9 Å². The summed E-state index contributed by atoms with van der Waals surface area (Å²) in [6.07, 6.45) is 7.28. The van der Waals surface area contributed by atoms with Crippen molar-refractivity contribution in [2.24, 2.45) is 0 Å². The molecular formula is C17H16N4. The van der Waals surface area contributed by atoms with Gasteiger partial charge in [-0.1, -0.05) is 0 Å². The number of hydrogen-bond acceptors (Lipinski definition) is 4. The van der Waals surface area contributed by atoms with Crippen LogP contribution < -0.4 is 5.32 Å². The molecule has 0 saturated carbocycles. The van der Waals surface area contributed by atoms with Gasteiger partial charge in [0.15, 0.2) is 0 Å². The van der Waals surface area contributed by atoms with Crippen molar-refractivity contribution in [2.75, 3.05) is 12.4 Å². The highest BCUT2D eigenvalue weighted by molar-refractivity contribution is 5.73. The molecule has 0 amide bonds. The van der Waals surface area contributed by atoms with Crippen molar-refractivity contribution in [1.29, 1.82) is 0 Å². The van der Waals surface area contributed by atoms with Crippen molar-refractivity contribution in [3.8, 4) is 22.4 Å². The molecule has 0 saturated heterocycles. The van der Waals surface area contributed by atoms with E-state index in [9.17, 15) is 0 Å². The standard InChI is InChI=1S/C17H16N4/c1-12-11-21-17(18-2)10-15(12)14-5-8-20-16(9-14)13-3-6-19-7-4-13/h3-11H,1-2H3,(H,18,21). The van der Waals surface area contributed by atoms with Crippen molar-refractivity contribution < 1.29 is 0 Å². The van der Waals surface area contributed by atoms with Gasteiger partial charge in [0.05, 0.1) is 5.69 Å². The fraction of sp³-hybridized carbons (Fsp3) is 0.118. The van der Waals surface area contributed by atoms with Crippen molar-refractivity contribution >= 4 is 5.82 Å². The number of rotatable bonds is 3. The number of aromatic nitrogens is 3. The van der Waals surface area contributed by atoms with Crippen LogP contribution in [0.3, 0.4) is 0 Å². The van der Waals surface area contributed by atoms with Crippen molar-refractivity contribution in [3.05, 3.63) is 60.7 Å². The summed E-state index contributed by atoms with van der Waals surface area (Å²) >= 11 is 0. The van der Waals surface area contributed by atoms with Crippen LogP contribution >= 0.6 is 0 Å². The molecule has 3 aromatic heterocycles. The van der Waals surface area contributed by atoms with Gasteiger partial charge in [-0.15, -0.1) is 0 Å². The Kier molecular flexibility index (Phi) is 3.60. The van der Waals surface area contributed by atoms with E-state index in [0.717, 1.165) is 33.8 Å². The Hall–Kier alpha value is -2.75. The lowest BCUT2D eigenvalue weighted by atomic mass is 10.0. The van der Waals surface area contributed by atoms with E-state index in [1.807, 2.05) is 37.6 Å². The lowest BCUT2D eigenvalue weighted by molar-refractivity contribution is 1.24. The van der Waals surface area contributed by atoms with E-state index in [1.54, 1.807) is 12.4 Å². The van der Waals surface area contributed by atoms with Crippen molar-refractivity contribution in [2.45, 2.75) is 6.92 Å². The van der Waals surface area contributed by atoms with Crippen molar-refractivity contribution in [3.63, 3.8) is 0 Å². The van der Waals surface area contributed by atoms with Crippen LogP contribution in [0.2, 0.25) is 0 Å². The van der Waals surface area contributed by atoms with Crippen LogP contribution in [0.5, 0.6) is 0 Å². The smallest absolute Gasteiger partial charge is 0.126 e. The minimum atomic E-state index is 0.859. The van der Waals surface area contributed by atoms with Crippen LogP contribution in [0.1, 0.15) is 5.56 Å². The maximum atomic E-state index is 4.45. The number of hydrogen-bond donors (Lipinski definition) is 1. The minimum absolute atomic E-state index is 0.859. The van der Waals surface area contributed by atoms with Gasteiger partial charge < -0.3 is 5.32 Å². The molecule has 4 heteroatoms. The highest BCUT2D eigenvalue weighted by atomic mass is 14.9. The summed E-state index contributed by atoms with van der Waals surface area (Å²) in [4.78, 5) is 12.8. The molecule has 1 N–H and O–H groups in total.